The number of carbonyl (C=O) groups is 1. The van der Waals surface area contributed by atoms with Gasteiger partial charge in [0.1, 0.15) is 5.69 Å². The summed E-state index contributed by atoms with van der Waals surface area (Å²) in [7, 11) is 0. The van der Waals surface area contributed by atoms with Crippen molar-refractivity contribution in [2.45, 2.75) is 13.5 Å². The van der Waals surface area contributed by atoms with Gasteiger partial charge in [-0.25, -0.2) is 10.1 Å². The molecule has 0 fully saturated rings. The third kappa shape index (κ3) is 1.77. The molecule has 0 unspecified atom stereocenters. The second-order valence-electron chi connectivity index (χ2n) is 3.17. The molecule has 1 N–H and O–H groups in total. The Labute approximate surface area is 91.0 Å². The van der Waals surface area contributed by atoms with Crippen LogP contribution in [0.15, 0.2) is 29.3 Å². The minimum Gasteiger partial charge on any atom is -0.328 e. The van der Waals surface area contributed by atoms with E-state index in [0.717, 1.165) is 0 Å². The van der Waals surface area contributed by atoms with Crippen LogP contribution in [0, 0.1) is 0 Å². The molecule has 0 aliphatic carbocycles. The predicted molar refractivity (Wildman–Crippen MR) is 56.2 cm³/mol. The SMILES string of the molecule is CCn1ccnc1C(=O)c1ccc(=O)[nH]n1. The van der Waals surface area contributed by atoms with Crippen LogP contribution in [0.25, 0.3) is 0 Å². The number of aromatic nitrogens is 4. The van der Waals surface area contributed by atoms with E-state index in [2.05, 4.69) is 15.2 Å². The summed E-state index contributed by atoms with van der Waals surface area (Å²) in [6.07, 6.45) is 3.28. The highest BCUT2D eigenvalue weighted by Crippen LogP contribution is 2.04. The third-order valence-electron chi connectivity index (χ3n) is 2.17. The van der Waals surface area contributed by atoms with Crippen molar-refractivity contribution in [2.75, 3.05) is 0 Å². The molecule has 0 radical (unpaired) electrons. The van der Waals surface area contributed by atoms with Gasteiger partial charge in [-0.05, 0) is 13.0 Å². The minimum absolute atomic E-state index is 0.181. The Bertz CT molecular complexity index is 550. The lowest BCUT2D eigenvalue weighted by Crippen LogP contribution is -2.15. The monoisotopic (exact) mass is 218 g/mol. The van der Waals surface area contributed by atoms with Crippen LogP contribution in [0.3, 0.4) is 0 Å². The van der Waals surface area contributed by atoms with E-state index in [1.807, 2.05) is 6.92 Å². The zero-order valence-corrected chi connectivity index (χ0v) is 8.67. The van der Waals surface area contributed by atoms with Crippen LogP contribution in [0.2, 0.25) is 0 Å². The first-order valence-corrected chi connectivity index (χ1v) is 4.84. The van der Waals surface area contributed by atoms with Crippen molar-refractivity contribution in [1.82, 2.24) is 19.7 Å². The molecular formula is C10H10N4O2. The number of hydrogen-bond donors (Lipinski definition) is 1. The third-order valence-corrected chi connectivity index (χ3v) is 2.17. The fourth-order valence-electron chi connectivity index (χ4n) is 1.36. The molecule has 82 valence electrons. The molecule has 0 saturated heterocycles. The molecule has 0 aliphatic rings. The fraction of sp³-hybridized carbons (Fsp3) is 0.200. The number of hydrogen-bond acceptors (Lipinski definition) is 4. The van der Waals surface area contributed by atoms with Crippen LogP contribution in [0.5, 0.6) is 0 Å². The van der Waals surface area contributed by atoms with Crippen LogP contribution < -0.4 is 5.56 Å². The molecule has 0 aliphatic heterocycles. The van der Waals surface area contributed by atoms with Crippen molar-refractivity contribution in [2.24, 2.45) is 0 Å². The Hall–Kier alpha value is -2.24. The first-order valence-electron chi connectivity index (χ1n) is 4.84. The van der Waals surface area contributed by atoms with Crippen LogP contribution >= 0.6 is 0 Å². The number of rotatable bonds is 3. The Balaban J connectivity index is 2.39. The van der Waals surface area contributed by atoms with Crippen molar-refractivity contribution in [1.29, 1.82) is 0 Å². The van der Waals surface area contributed by atoms with Gasteiger partial charge in [0, 0.05) is 25.0 Å². The summed E-state index contributed by atoms with van der Waals surface area (Å²) in [6, 6.07) is 2.65. The van der Waals surface area contributed by atoms with Crippen LogP contribution in [0.4, 0.5) is 0 Å². The van der Waals surface area contributed by atoms with Crippen molar-refractivity contribution < 1.29 is 4.79 Å². The summed E-state index contributed by atoms with van der Waals surface area (Å²) in [5, 5.41) is 5.89. The van der Waals surface area contributed by atoms with Gasteiger partial charge in [-0.3, -0.25) is 9.59 Å². The Kier molecular flexibility index (Phi) is 2.63. The smallest absolute Gasteiger partial charge is 0.264 e. The topological polar surface area (TPSA) is 80.6 Å². The Morgan fingerprint density at radius 2 is 2.31 bits per heavy atom. The van der Waals surface area contributed by atoms with Gasteiger partial charge in [0.2, 0.25) is 5.78 Å². The predicted octanol–water partition coefficient (Wildman–Crippen LogP) is 0.217. The quantitative estimate of drug-likeness (QED) is 0.747. The van der Waals surface area contributed by atoms with E-state index >= 15 is 0 Å². The molecule has 2 heterocycles. The lowest BCUT2D eigenvalue weighted by atomic mass is 10.2. The maximum Gasteiger partial charge on any atom is 0.264 e. The second-order valence-corrected chi connectivity index (χ2v) is 3.17. The summed E-state index contributed by atoms with van der Waals surface area (Å²) >= 11 is 0. The summed E-state index contributed by atoms with van der Waals surface area (Å²) in [5.74, 6) is 0.0187. The van der Waals surface area contributed by atoms with E-state index in [1.165, 1.54) is 12.1 Å². The molecule has 2 aromatic heterocycles. The molecule has 0 saturated carbocycles. The first-order chi connectivity index (χ1) is 7.72. The van der Waals surface area contributed by atoms with Crippen molar-refractivity contribution >= 4 is 5.78 Å². The highest BCUT2D eigenvalue weighted by Gasteiger charge is 2.15. The molecule has 0 bridgehead atoms. The molecule has 6 nitrogen and oxygen atoms in total. The van der Waals surface area contributed by atoms with Gasteiger partial charge in [0.05, 0.1) is 0 Å². The highest BCUT2D eigenvalue weighted by atomic mass is 16.1. The lowest BCUT2D eigenvalue weighted by Gasteiger charge is -2.02. The molecule has 16 heavy (non-hydrogen) atoms. The summed E-state index contributed by atoms with van der Waals surface area (Å²) in [4.78, 5) is 26.7. The summed E-state index contributed by atoms with van der Waals surface area (Å²) in [5.41, 5.74) is -0.157. The normalized spacial score (nSPS) is 10.3. The molecule has 0 aromatic carbocycles. The molecular weight excluding hydrogens is 208 g/mol. The van der Waals surface area contributed by atoms with Crippen molar-refractivity contribution in [3.63, 3.8) is 0 Å². The Morgan fingerprint density at radius 1 is 1.50 bits per heavy atom. The van der Waals surface area contributed by atoms with Gasteiger partial charge >= 0.3 is 0 Å². The number of aryl methyl sites for hydroxylation is 1. The Morgan fingerprint density at radius 3 is 2.94 bits per heavy atom. The van der Waals surface area contributed by atoms with Crippen LogP contribution in [-0.2, 0) is 6.54 Å². The maximum absolute atomic E-state index is 11.9. The number of ketones is 1. The average molecular weight is 218 g/mol. The van der Waals surface area contributed by atoms with E-state index in [9.17, 15) is 9.59 Å². The van der Waals surface area contributed by atoms with Gasteiger partial charge in [-0.15, -0.1) is 0 Å². The molecule has 0 amide bonds. The number of nitrogens with one attached hydrogen (secondary N) is 1. The van der Waals surface area contributed by atoms with E-state index in [4.69, 9.17) is 0 Å². The zero-order valence-electron chi connectivity index (χ0n) is 8.67. The fourth-order valence-corrected chi connectivity index (χ4v) is 1.36. The highest BCUT2D eigenvalue weighted by molar-refractivity contribution is 6.05. The number of aromatic amines is 1. The van der Waals surface area contributed by atoms with Gasteiger partial charge < -0.3 is 4.57 Å². The number of H-pyrrole nitrogens is 1. The molecule has 6 heteroatoms. The number of carbonyl (C=O) groups excluding carboxylic acids is 1. The number of imidazole rings is 1. The van der Waals surface area contributed by atoms with Gasteiger partial charge in [-0.1, -0.05) is 0 Å². The molecule has 0 spiro atoms. The molecule has 2 aromatic rings. The van der Waals surface area contributed by atoms with Crippen molar-refractivity contribution in [3.05, 3.63) is 46.4 Å². The average Bonchev–Trinajstić information content (AvgIpc) is 2.77. The van der Waals surface area contributed by atoms with Crippen LogP contribution in [0.1, 0.15) is 23.2 Å². The lowest BCUT2D eigenvalue weighted by molar-refractivity contribution is 0.102. The van der Waals surface area contributed by atoms with Crippen molar-refractivity contribution in [3.8, 4) is 0 Å². The largest absolute Gasteiger partial charge is 0.328 e. The zero-order chi connectivity index (χ0) is 11.5. The van der Waals surface area contributed by atoms with Crippen LogP contribution in [-0.4, -0.2) is 25.5 Å². The molecule has 2 rings (SSSR count). The molecule has 0 atom stereocenters. The number of nitrogens with zero attached hydrogens (tertiary/aromatic N) is 3. The minimum atomic E-state index is -0.338. The van der Waals surface area contributed by atoms with E-state index in [-0.39, 0.29) is 17.0 Å². The summed E-state index contributed by atoms with van der Waals surface area (Å²) < 4.78 is 1.72. The van der Waals surface area contributed by atoms with Gasteiger partial charge in [0.25, 0.3) is 5.56 Å². The van der Waals surface area contributed by atoms with Gasteiger partial charge in [-0.2, -0.15) is 5.10 Å². The summed E-state index contributed by atoms with van der Waals surface area (Å²) in [6.45, 7) is 2.57. The van der Waals surface area contributed by atoms with E-state index in [0.29, 0.717) is 12.4 Å². The maximum atomic E-state index is 11.9. The van der Waals surface area contributed by atoms with E-state index < -0.39 is 0 Å². The second kappa shape index (κ2) is 4.09. The van der Waals surface area contributed by atoms with Gasteiger partial charge in [0.15, 0.2) is 5.82 Å². The standard InChI is InChI=1S/C10H10N4O2/c1-2-14-6-5-11-10(14)9(16)7-3-4-8(15)13-12-7/h3-6H,2H2,1H3,(H,13,15). The first kappa shape index (κ1) is 10.3. The van der Waals surface area contributed by atoms with E-state index in [1.54, 1.807) is 17.0 Å².